The van der Waals surface area contributed by atoms with Gasteiger partial charge in [0.15, 0.2) is 0 Å². The summed E-state index contributed by atoms with van der Waals surface area (Å²) < 4.78 is 5.19. The number of aryl methyl sites for hydroxylation is 1. The molecule has 20 heavy (non-hydrogen) atoms. The molecule has 6 heteroatoms. The van der Waals surface area contributed by atoms with E-state index in [0.29, 0.717) is 24.4 Å². The van der Waals surface area contributed by atoms with E-state index in [1.54, 1.807) is 17.2 Å². The van der Waals surface area contributed by atoms with Crippen molar-refractivity contribution in [3.63, 3.8) is 0 Å². The highest BCUT2D eigenvalue weighted by Gasteiger charge is 2.28. The molecule has 1 N–H and O–H groups in total. The van der Waals surface area contributed by atoms with Crippen molar-refractivity contribution >= 4 is 11.8 Å². The molecule has 0 aromatic carbocycles. The van der Waals surface area contributed by atoms with Crippen molar-refractivity contribution in [2.24, 2.45) is 0 Å². The van der Waals surface area contributed by atoms with Gasteiger partial charge >= 0.3 is 0 Å². The first kappa shape index (κ1) is 14.3. The number of amides is 2. The lowest BCUT2D eigenvalue weighted by atomic mass is 10.2. The zero-order valence-corrected chi connectivity index (χ0v) is 12.0. The van der Waals surface area contributed by atoms with Gasteiger partial charge in [-0.3, -0.25) is 14.6 Å². The van der Waals surface area contributed by atoms with Crippen LogP contribution in [0.2, 0.25) is 0 Å². The van der Waals surface area contributed by atoms with Crippen LogP contribution < -0.4 is 10.1 Å². The van der Waals surface area contributed by atoms with Crippen LogP contribution in [-0.4, -0.2) is 47.9 Å². The molecule has 1 unspecified atom stereocenters. The highest BCUT2D eigenvalue weighted by atomic mass is 16.5. The Morgan fingerprint density at radius 3 is 2.90 bits per heavy atom. The molecule has 6 nitrogen and oxygen atoms in total. The SMILES string of the molecule is COc1cnc(C)cc1C(=O)N1CCC(NC(C)=O)C1. The zero-order valence-electron chi connectivity index (χ0n) is 12.0. The quantitative estimate of drug-likeness (QED) is 0.885. The molecular formula is C14H19N3O3. The number of carbonyl (C=O) groups is 2. The minimum absolute atomic E-state index is 0.0328. The van der Waals surface area contributed by atoms with Gasteiger partial charge in [-0.1, -0.05) is 0 Å². The van der Waals surface area contributed by atoms with Crippen molar-refractivity contribution in [3.05, 3.63) is 23.5 Å². The second-order valence-corrected chi connectivity index (χ2v) is 4.96. The van der Waals surface area contributed by atoms with Crippen LogP contribution in [0.25, 0.3) is 0 Å². The van der Waals surface area contributed by atoms with E-state index >= 15 is 0 Å². The molecule has 1 saturated heterocycles. The van der Waals surface area contributed by atoms with Crippen LogP contribution in [0.1, 0.15) is 29.4 Å². The molecule has 1 aliphatic rings. The maximum atomic E-state index is 12.5. The number of carbonyl (C=O) groups excluding carboxylic acids is 2. The van der Waals surface area contributed by atoms with Gasteiger partial charge in [0.1, 0.15) is 5.75 Å². The maximum Gasteiger partial charge on any atom is 0.257 e. The number of likely N-dealkylation sites (tertiary alicyclic amines) is 1. The number of methoxy groups -OCH3 is 1. The van der Waals surface area contributed by atoms with Gasteiger partial charge in [-0.15, -0.1) is 0 Å². The predicted molar refractivity (Wildman–Crippen MR) is 73.7 cm³/mol. The summed E-state index contributed by atoms with van der Waals surface area (Å²) in [5.74, 6) is 0.324. The van der Waals surface area contributed by atoms with Crippen molar-refractivity contribution in [1.29, 1.82) is 0 Å². The lowest BCUT2D eigenvalue weighted by Crippen LogP contribution is -2.37. The monoisotopic (exact) mass is 277 g/mol. The standard InChI is InChI=1S/C14H19N3O3/c1-9-6-12(13(20-3)7-15-9)14(19)17-5-4-11(8-17)16-10(2)18/h6-7,11H,4-5,8H2,1-3H3,(H,16,18). The Morgan fingerprint density at radius 1 is 1.50 bits per heavy atom. The molecule has 1 aromatic rings. The Hall–Kier alpha value is -2.11. The van der Waals surface area contributed by atoms with Crippen LogP contribution >= 0.6 is 0 Å². The van der Waals surface area contributed by atoms with Gasteiger partial charge in [-0.05, 0) is 19.4 Å². The number of hydrogen-bond donors (Lipinski definition) is 1. The lowest BCUT2D eigenvalue weighted by Gasteiger charge is -2.18. The molecule has 2 heterocycles. The molecule has 0 saturated carbocycles. The predicted octanol–water partition coefficient (Wildman–Crippen LogP) is 0.749. The van der Waals surface area contributed by atoms with Gasteiger partial charge in [0.25, 0.3) is 5.91 Å². The smallest absolute Gasteiger partial charge is 0.257 e. The second kappa shape index (κ2) is 5.90. The van der Waals surface area contributed by atoms with Gasteiger partial charge in [0.05, 0.1) is 18.9 Å². The molecule has 2 rings (SSSR count). The number of rotatable bonds is 3. The van der Waals surface area contributed by atoms with E-state index in [2.05, 4.69) is 10.3 Å². The van der Waals surface area contributed by atoms with E-state index in [1.165, 1.54) is 14.0 Å². The van der Waals surface area contributed by atoms with Crippen molar-refractivity contribution in [2.45, 2.75) is 26.3 Å². The van der Waals surface area contributed by atoms with E-state index in [0.717, 1.165) is 12.1 Å². The summed E-state index contributed by atoms with van der Waals surface area (Å²) in [6, 6.07) is 1.76. The normalized spacial score (nSPS) is 17.9. The number of nitrogens with one attached hydrogen (secondary N) is 1. The molecule has 1 aromatic heterocycles. The summed E-state index contributed by atoms with van der Waals surface area (Å²) in [6.45, 7) is 4.48. The Bertz CT molecular complexity index is 530. The van der Waals surface area contributed by atoms with E-state index in [4.69, 9.17) is 4.74 Å². The first-order chi connectivity index (χ1) is 9.51. The van der Waals surface area contributed by atoms with E-state index in [-0.39, 0.29) is 17.9 Å². The number of aromatic nitrogens is 1. The van der Waals surface area contributed by atoms with E-state index in [1.807, 2.05) is 6.92 Å². The van der Waals surface area contributed by atoms with Crippen LogP contribution in [0.15, 0.2) is 12.3 Å². The van der Waals surface area contributed by atoms with Crippen LogP contribution in [0, 0.1) is 6.92 Å². The fourth-order valence-corrected chi connectivity index (χ4v) is 2.40. The van der Waals surface area contributed by atoms with Crippen LogP contribution in [-0.2, 0) is 4.79 Å². The van der Waals surface area contributed by atoms with Crippen molar-refractivity contribution in [1.82, 2.24) is 15.2 Å². The summed E-state index contributed by atoms with van der Waals surface area (Å²) in [6.07, 6.45) is 2.33. The molecule has 2 amide bonds. The average molecular weight is 277 g/mol. The Labute approximate surface area is 118 Å². The second-order valence-electron chi connectivity index (χ2n) is 4.96. The third-order valence-electron chi connectivity index (χ3n) is 3.34. The van der Waals surface area contributed by atoms with Crippen LogP contribution in [0.4, 0.5) is 0 Å². The molecule has 0 aliphatic carbocycles. The van der Waals surface area contributed by atoms with Gasteiger partial charge in [0, 0.05) is 31.7 Å². The van der Waals surface area contributed by atoms with Crippen LogP contribution in [0.5, 0.6) is 5.75 Å². The van der Waals surface area contributed by atoms with Gasteiger partial charge < -0.3 is 15.0 Å². The third-order valence-corrected chi connectivity index (χ3v) is 3.34. The summed E-state index contributed by atoms with van der Waals surface area (Å²) in [7, 11) is 1.52. The summed E-state index contributed by atoms with van der Waals surface area (Å²) in [5, 5.41) is 2.84. The summed E-state index contributed by atoms with van der Waals surface area (Å²) >= 11 is 0. The highest BCUT2D eigenvalue weighted by Crippen LogP contribution is 2.22. The molecular weight excluding hydrogens is 258 g/mol. The van der Waals surface area contributed by atoms with Crippen LogP contribution in [0.3, 0.4) is 0 Å². The molecule has 1 fully saturated rings. The molecule has 0 radical (unpaired) electrons. The summed E-state index contributed by atoms with van der Waals surface area (Å²) in [4.78, 5) is 29.4. The number of pyridine rings is 1. The fraction of sp³-hybridized carbons (Fsp3) is 0.500. The van der Waals surface area contributed by atoms with Crippen molar-refractivity contribution in [2.75, 3.05) is 20.2 Å². The van der Waals surface area contributed by atoms with E-state index < -0.39 is 0 Å². The first-order valence-corrected chi connectivity index (χ1v) is 6.58. The van der Waals surface area contributed by atoms with Gasteiger partial charge in [0.2, 0.25) is 5.91 Å². The number of ether oxygens (including phenoxy) is 1. The van der Waals surface area contributed by atoms with Gasteiger partial charge in [-0.25, -0.2) is 0 Å². The molecule has 0 bridgehead atoms. The zero-order chi connectivity index (χ0) is 14.7. The first-order valence-electron chi connectivity index (χ1n) is 6.58. The Balaban J connectivity index is 2.12. The third kappa shape index (κ3) is 3.07. The fourth-order valence-electron chi connectivity index (χ4n) is 2.40. The summed E-state index contributed by atoms with van der Waals surface area (Å²) in [5.41, 5.74) is 1.29. The molecule has 1 atom stereocenters. The van der Waals surface area contributed by atoms with Crippen molar-refractivity contribution in [3.8, 4) is 5.75 Å². The minimum atomic E-state index is -0.0831. The number of nitrogens with zero attached hydrogens (tertiary/aromatic N) is 2. The molecule has 1 aliphatic heterocycles. The van der Waals surface area contributed by atoms with Gasteiger partial charge in [-0.2, -0.15) is 0 Å². The highest BCUT2D eigenvalue weighted by molar-refractivity contribution is 5.97. The maximum absolute atomic E-state index is 12.5. The topological polar surface area (TPSA) is 71.5 Å². The number of hydrogen-bond acceptors (Lipinski definition) is 4. The van der Waals surface area contributed by atoms with E-state index in [9.17, 15) is 9.59 Å². The Kier molecular flexibility index (Phi) is 4.22. The minimum Gasteiger partial charge on any atom is -0.494 e. The largest absolute Gasteiger partial charge is 0.494 e. The molecule has 108 valence electrons. The Morgan fingerprint density at radius 2 is 2.25 bits per heavy atom. The lowest BCUT2D eigenvalue weighted by molar-refractivity contribution is -0.119. The average Bonchev–Trinajstić information content (AvgIpc) is 2.85. The van der Waals surface area contributed by atoms with Crippen molar-refractivity contribution < 1.29 is 14.3 Å². The molecule has 0 spiro atoms.